The van der Waals surface area contributed by atoms with E-state index in [0.717, 1.165) is 27.3 Å². The highest BCUT2D eigenvalue weighted by molar-refractivity contribution is 6.46. The SMILES string of the molecule is COc1ccc(Cl)cc1N1C(=O)C(Nc2ccc(C)cc2C)=C(c2ccc(C)cc2)C1=O. The van der Waals surface area contributed by atoms with Crippen LogP contribution in [0, 0.1) is 20.8 Å². The number of imide groups is 1. The first-order chi connectivity index (χ1) is 15.3. The Labute approximate surface area is 192 Å². The lowest BCUT2D eigenvalue weighted by molar-refractivity contribution is -0.120. The van der Waals surface area contributed by atoms with Gasteiger partial charge >= 0.3 is 0 Å². The molecule has 1 heterocycles. The molecule has 1 aliphatic heterocycles. The normalized spacial score (nSPS) is 13.7. The number of benzene rings is 3. The molecule has 0 atom stereocenters. The molecule has 32 heavy (non-hydrogen) atoms. The highest BCUT2D eigenvalue weighted by atomic mass is 35.5. The van der Waals surface area contributed by atoms with Crippen LogP contribution in [0.25, 0.3) is 5.57 Å². The van der Waals surface area contributed by atoms with Gasteiger partial charge in [-0.2, -0.15) is 0 Å². The quantitative estimate of drug-likeness (QED) is 0.513. The van der Waals surface area contributed by atoms with Crippen LogP contribution in [0.4, 0.5) is 11.4 Å². The van der Waals surface area contributed by atoms with Crippen LogP contribution < -0.4 is 15.0 Å². The summed E-state index contributed by atoms with van der Waals surface area (Å²) in [6.07, 6.45) is 0. The number of rotatable bonds is 5. The van der Waals surface area contributed by atoms with Gasteiger partial charge in [0.25, 0.3) is 11.8 Å². The van der Waals surface area contributed by atoms with E-state index >= 15 is 0 Å². The summed E-state index contributed by atoms with van der Waals surface area (Å²) in [6, 6.07) is 18.3. The maximum Gasteiger partial charge on any atom is 0.282 e. The third-order valence-corrected chi connectivity index (χ3v) is 5.68. The molecule has 3 aromatic rings. The largest absolute Gasteiger partial charge is 0.495 e. The van der Waals surface area contributed by atoms with Crippen molar-refractivity contribution in [1.82, 2.24) is 0 Å². The molecule has 0 fully saturated rings. The first-order valence-electron chi connectivity index (χ1n) is 10.2. The van der Waals surface area contributed by atoms with Crippen molar-refractivity contribution in [2.45, 2.75) is 20.8 Å². The molecule has 6 heteroatoms. The molecule has 1 N–H and O–H groups in total. The van der Waals surface area contributed by atoms with Gasteiger partial charge < -0.3 is 10.1 Å². The maximum absolute atomic E-state index is 13.6. The number of amides is 2. The topological polar surface area (TPSA) is 58.6 Å². The van der Waals surface area contributed by atoms with Crippen molar-refractivity contribution in [3.05, 3.63) is 93.6 Å². The second kappa shape index (κ2) is 8.52. The van der Waals surface area contributed by atoms with Crippen LogP contribution in [-0.2, 0) is 9.59 Å². The zero-order chi connectivity index (χ0) is 23.0. The predicted octanol–water partition coefficient (Wildman–Crippen LogP) is 5.67. The van der Waals surface area contributed by atoms with Gasteiger partial charge in [-0.25, -0.2) is 4.90 Å². The Morgan fingerprint density at radius 3 is 2.19 bits per heavy atom. The average molecular weight is 447 g/mol. The molecule has 4 rings (SSSR count). The number of methoxy groups -OCH3 is 1. The van der Waals surface area contributed by atoms with Crippen LogP contribution in [0.15, 0.2) is 66.4 Å². The van der Waals surface area contributed by atoms with E-state index in [1.807, 2.05) is 63.2 Å². The van der Waals surface area contributed by atoms with Crippen molar-refractivity contribution in [1.29, 1.82) is 0 Å². The molecule has 0 saturated carbocycles. The second-order valence-electron chi connectivity index (χ2n) is 7.82. The first kappa shape index (κ1) is 21.7. The molecule has 5 nitrogen and oxygen atoms in total. The van der Waals surface area contributed by atoms with E-state index < -0.39 is 11.8 Å². The Balaban J connectivity index is 1.87. The van der Waals surface area contributed by atoms with E-state index in [0.29, 0.717) is 27.6 Å². The molecule has 0 spiro atoms. The van der Waals surface area contributed by atoms with Gasteiger partial charge in [0.15, 0.2) is 0 Å². The molecular weight excluding hydrogens is 424 g/mol. The van der Waals surface area contributed by atoms with Gasteiger partial charge in [-0.05, 0) is 56.2 Å². The number of anilines is 2. The fraction of sp³-hybridized carbons (Fsp3) is 0.154. The lowest BCUT2D eigenvalue weighted by Crippen LogP contribution is -2.32. The van der Waals surface area contributed by atoms with Crippen molar-refractivity contribution in [2.75, 3.05) is 17.3 Å². The molecule has 0 unspecified atom stereocenters. The standard InChI is InChI=1S/C26H23ClN2O3/c1-15-5-8-18(9-6-15)23-24(28-20-11-7-16(2)13-17(20)3)26(31)29(25(23)30)21-14-19(27)10-12-22(21)32-4/h5-14,28H,1-4H3. The number of hydrogen-bond acceptors (Lipinski definition) is 4. The third kappa shape index (κ3) is 3.87. The number of halogens is 1. The third-order valence-electron chi connectivity index (χ3n) is 5.45. The number of ether oxygens (including phenoxy) is 1. The number of nitrogens with one attached hydrogen (secondary N) is 1. The predicted molar refractivity (Wildman–Crippen MR) is 128 cm³/mol. The molecule has 0 aliphatic carbocycles. The van der Waals surface area contributed by atoms with Crippen molar-refractivity contribution in [2.24, 2.45) is 0 Å². The van der Waals surface area contributed by atoms with Crippen LogP contribution in [0.5, 0.6) is 5.75 Å². The fourth-order valence-corrected chi connectivity index (χ4v) is 3.95. The second-order valence-corrected chi connectivity index (χ2v) is 8.26. The molecule has 0 aromatic heterocycles. The van der Waals surface area contributed by atoms with Gasteiger partial charge in [-0.15, -0.1) is 0 Å². The number of carbonyl (C=O) groups excluding carboxylic acids is 2. The van der Waals surface area contributed by atoms with Crippen LogP contribution in [-0.4, -0.2) is 18.9 Å². The minimum Gasteiger partial charge on any atom is -0.495 e. The highest BCUT2D eigenvalue weighted by Gasteiger charge is 2.41. The minimum absolute atomic E-state index is 0.216. The van der Waals surface area contributed by atoms with Gasteiger partial charge in [0.2, 0.25) is 0 Å². The van der Waals surface area contributed by atoms with Gasteiger partial charge in [0, 0.05) is 10.7 Å². The van der Waals surface area contributed by atoms with Crippen molar-refractivity contribution < 1.29 is 14.3 Å². The summed E-state index contributed by atoms with van der Waals surface area (Å²) in [4.78, 5) is 28.4. The number of aryl methyl sites for hydroxylation is 3. The van der Waals surface area contributed by atoms with Gasteiger partial charge in [0.05, 0.1) is 18.4 Å². The zero-order valence-electron chi connectivity index (χ0n) is 18.3. The summed E-state index contributed by atoms with van der Waals surface area (Å²) >= 11 is 6.19. The summed E-state index contributed by atoms with van der Waals surface area (Å²) in [7, 11) is 1.49. The first-order valence-corrected chi connectivity index (χ1v) is 10.6. The number of nitrogens with zero attached hydrogens (tertiary/aromatic N) is 1. The van der Waals surface area contributed by atoms with E-state index in [9.17, 15) is 9.59 Å². The molecule has 3 aromatic carbocycles. The van der Waals surface area contributed by atoms with Crippen LogP contribution in [0.2, 0.25) is 5.02 Å². The van der Waals surface area contributed by atoms with Crippen LogP contribution in [0.3, 0.4) is 0 Å². The monoisotopic (exact) mass is 446 g/mol. The van der Waals surface area contributed by atoms with Gasteiger partial charge in [-0.3, -0.25) is 9.59 Å². The number of hydrogen-bond donors (Lipinski definition) is 1. The Kier molecular flexibility index (Phi) is 5.76. The number of carbonyl (C=O) groups is 2. The molecule has 0 radical (unpaired) electrons. The molecule has 2 amide bonds. The van der Waals surface area contributed by atoms with Crippen molar-refractivity contribution in [3.8, 4) is 5.75 Å². The Bertz CT molecular complexity index is 1260. The average Bonchev–Trinajstić information content (AvgIpc) is 3.00. The summed E-state index contributed by atoms with van der Waals surface area (Å²) in [5, 5.41) is 3.62. The van der Waals surface area contributed by atoms with Crippen LogP contribution in [0.1, 0.15) is 22.3 Å². The molecule has 1 aliphatic rings. The summed E-state index contributed by atoms with van der Waals surface area (Å²) in [5.74, 6) is -0.523. The van der Waals surface area contributed by atoms with E-state index in [1.165, 1.54) is 7.11 Å². The maximum atomic E-state index is 13.6. The Morgan fingerprint density at radius 1 is 0.844 bits per heavy atom. The fourth-order valence-electron chi connectivity index (χ4n) is 3.78. The van der Waals surface area contributed by atoms with E-state index in [4.69, 9.17) is 16.3 Å². The van der Waals surface area contributed by atoms with E-state index in [-0.39, 0.29) is 5.70 Å². The zero-order valence-corrected chi connectivity index (χ0v) is 19.1. The van der Waals surface area contributed by atoms with Crippen molar-refractivity contribution in [3.63, 3.8) is 0 Å². The molecule has 0 bridgehead atoms. The smallest absolute Gasteiger partial charge is 0.282 e. The minimum atomic E-state index is -0.467. The Morgan fingerprint density at radius 2 is 1.53 bits per heavy atom. The molecule has 162 valence electrons. The van der Waals surface area contributed by atoms with E-state index in [2.05, 4.69) is 5.32 Å². The lowest BCUT2D eigenvalue weighted by Gasteiger charge is -2.19. The Hall–Kier alpha value is -3.57. The summed E-state index contributed by atoms with van der Waals surface area (Å²) in [5.41, 5.74) is 5.38. The van der Waals surface area contributed by atoms with E-state index in [1.54, 1.807) is 18.2 Å². The highest BCUT2D eigenvalue weighted by Crippen LogP contribution is 2.39. The summed E-state index contributed by atoms with van der Waals surface area (Å²) in [6.45, 7) is 5.93. The van der Waals surface area contributed by atoms with Gasteiger partial charge in [0.1, 0.15) is 11.4 Å². The lowest BCUT2D eigenvalue weighted by atomic mass is 10.0. The molecule has 0 saturated heterocycles. The summed E-state index contributed by atoms with van der Waals surface area (Å²) < 4.78 is 5.41. The van der Waals surface area contributed by atoms with Crippen LogP contribution >= 0.6 is 11.6 Å². The molecular formula is C26H23ClN2O3. The van der Waals surface area contributed by atoms with Gasteiger partial charge in [-0.1, -0.05) is 59.1 Å². The van der Waals surface area contributed by atoms with Crippen molar-refractivity contribution >= 4 is 40.4 Å².